The van der Waals surface area contributed by atoms with Gasteiger partial charge in [-0.3, -0.25) is 4.79 Å². The van der Waals surface area contributed by atoms with E-state index < -0.39 is 5.92 Å². The number of nitriles is 1. The molecule has 2 N–H and O–H groups in total. The lowest BCUT2D eigenvalue weighted by atomic mass is 9.78. The van der Waals surface area contributed by atoms with Gasteiger partial charge in [-0.15, -0.1) is 0 Å². The van der Waals surface area contributed by atoms with Crippen LogP contribution in [0.3, 0.4) is 0 Å². The monoisotopic (exact) mass is 269 g/mol. The van der Waals surface area contributed by atoms with Gasteiger partial charge in [0, 0.05) is 24.7 Å². The Balaban J connectivity index is 2.23. The Bertz CT molecular complexity index is 662. The molecule has 0 spiro atoms. The standard InChI is InChI=1S/C15H15N3O2/c1-18-10-4-2-5-11(19)14(10)13(9(8-16)15(18)17)12-6-3-7-20-12/h3,6-7,13H,2,4-5,17H2,1H3/t13-/m1/s1. The van der Waals surface area contributed by atoms with Crippen LogP contribution in [0.5, 0.6) is 0 Å². The number of carbonyl (C=O) groups excluding carboxylic acids is 1. The van der Waals surface area contributed by atoms with Crippen LogP contribution in [0, 0.1) is 11.3 Å². The van der Waals surface area contributed by atoms with Gasteiger partial charge in [0.05, 0.1) is 23.8 Å². The van der Waals surface area contributed by atoms with Crippen molar-refractivity contribution in [3.8, 4) is 6.07 Å². The van der Waals surface area contributed by atoms with E-state index in [1.807, 2.05) is 0 Å². The van der Waals surface area contributed by atoms with Crippen molar-refractivity contribution in [1.82, 2.24) is 4.90 Å². The number of ketones is 1. The Morgan fingerprint density at radius 1 is 1.50 bits per heavy atom. The van der Waals surface area contributed by atoms with Crippen molar-refractivity contribution < 1.29 is 9.21 Å². The number of hydrogen-bond acceptors (Lipinski definition) is 5. The first kappa shape index (κ1) is 12.5. The summed E-state index contributed by atoms with van der Waals surface area (Å²) in [5, 5.41) is 9.43. The minimum Gasteiger partial charge on any atom is -0.468 e. The van der Waals surface area contributed by atoms with E-state index in [9.17, 15) is 10.1 Å². The zero-order chi connectivity index (χ0) is 14.3. The van der Waals surface area contributed by atoms with Crippen molar-refractivity contribution in [2.24, 2.45) is 5.73 Å². The molecule has 1 atom stereocenters. The van der Waals surface area contributed by atoms with Gasteiger partial charge in [-0.2, -0.15) is 5.26 Å². The van der Waals surface area contributed by atoms with Gasteiger partial charge in [-0.25, -0.2) is 0 Å². The fraction of sp³-hybridized carbons (Fsp3) is 0.333. The largest absolute Gasteiger partial charge is 0.468 e. The Labute approximate surface area is 117 Å². The third kappa shape index (κ3) is 1.65. The third-order valence-corrected chi connectivity index (χ3v) is 4.00. The maximum Gasteiger partial charge on any atom is 0.161 e. The molecule has 0 fully saturated rings. The molecule has 2 aliphatic rings. The van der Waals surface area contributed by atoms with E-state index in [0.717, 1.165) is 18.5 Å². The Kier molecular flexibility index (Phi) is 2.87. The summed E-state index contributed by atoms with van der Waals surface area (Å²) < 4.78 is 5.44. The maximum absolute atomic E-state index is 12.3. The van der Waals surface area contributed by atoms with Gasteiger partial charge >= 0.3 is 0 Å². The molecule has 2 heterocycles. The van der Waals surface area contributed by atoms with Crippen molar-refractivity contribution in [3.05, 3.63) is 46.8 Å². The molecule has 3 rings (SSSR count). The molecule has 5 heteroatoms. The molecule has 0 unspecified atom stereocenters. The van der Waals surface area contributed by atoms with Crippen LogP contribution >= 0.6 is 0 Å². The topological polar surface area (TPSA) is 83.3 Å². The minimum atomic E-state index is -0.464. The molecule has 0 aromatic carbocycles. The highest BCUT2D eigenvalue weighted by Crippen LogP contribution is 2.43. The highest BCUT2D eigenvalue weighted by atomic mass is 16.3. The third-order valence-electron chi connectivity index (χ3n) is 4.00. The smallest absolute Gasteiger partial charge is 0.161 e. The molecule has 0 radical (unpaired) electrons. The molecule has 0 bridgehead atoms. The molecule has 5 nitrogen and oxygen atoms in total. The van der Waals surface area contributed by atoms with E-state index in [-0.39, 0.29) is 5.78 Å². The Morgan fingerprint density at radius 3 is 2.95 bits per heavy atom. The second-order valence-electron chi connectivity index (χ2n) is 5.06. The van der Waals surface area contributed by atoms with Crippen LogP contribution in [0.2, 0.25) is 0 Å². The average molecular weight is 269 g/mol. The van der Waals surface area contributed by atoms with Crippen molar-refractivity contribution in [2.45, 2.75) is 25.2 Å². The second kappa shape index (κ2) is 4.57. The van der Waals surface area contributed by atoms with Crippen molar-refractivity contribution in [1.29, 1.82) is 5.26 Å². The summed E-state index contributed by atoms with van der Waals surface area (Å²) in [5.41, 5.74) is 8.05. The molecule has 0 saturated heterocycles. The van der Waals surface area contributed by atoms with Crippen LogP contribution in [0.1, 0.15) is 30.9 Å². The Hall–Kier alpha value is -2.48. The lowest BCUT2D eigenvalue weighted by Crippen LogP contribution is -2.36. The molecular weight excluding hydrogens is 254 g/mol. The van der Waals surface area contributed by atoms with Gasteiger partial charge in [0.2, 0.25) is 0 Å². The fourth-order valence-corrected chi connectivity index (χ4v) is 3.00. The zero-order valence-corrected chi connectivity index (χ0v) is 11.2. The van der Waals surface area contributed by atoms with E-state index >= 15 is 0 Å². The summed E-state index contributed by atoms with van der Waals surface area (Å²) in [4.78, 5) is 14.1. The molecule has 1 aliphatic heterocycles. The van der Waals surface area contributed by atoms with Crippen LogP contribution in [0.4, 0.5) is 0 Å². The number of nitrogens with zero attached hydrogens (tertiary/aromatic N) is 2. The van der Waals surface area contributed by atoms with Gasteiger partial charge in [0.25, 0.3) is 0 Å². The van der Waals surface area contributed by atoms with E-state index in [2.05, 4.69) is 6.07 Å². The predicted octanol–water partition coefficient (Wildman–Crippen LogP) is 2.01. The van der Waals surface area contributed by atoms with E-state index in [4.69, 9.17) is 10.2 Å². The molecule has 1 aromatic heterocycles. The van der Waals surface area contributed by atoms with Crippen molar-refractivity contribution in [2.75, 3.05) is 7.05 Å². The number of carbonyl (C=O) groups is 1. The minimum absolute atomic E-state index is 0.0831. The normalized spacial score (nSPS) is 22.9. The first-order chi connectivity index (χ1) is 9.65. The van der Waals surface area contributed by atoms with Crippen LogP contribution in [-0.2, 0) is 4.79 Å². The summed E-state index contributed by atoms with van der Waals surface area (Å²) >= 11 is 0. The Morgan fingerprint density at radius 2 is 2.30 bits per heavy atom. The van der Waals surface area contributed by atoms with Crippen molar-refractivity contribution >= 4 is 5.78 Å². The van der Waals surface area contributed by atoms with Gasteiger partial charge < -0.3 is 15.1 Å². The van der Waals surface area contributed by atoms with E-state index in [1.165, 1.54) is 0 Å². The van der Waals surface area contributed by atoms with E-state index in [1.54, 1.807) is 30.3 Å². The molecular formula is C15H15N3O2. The molecule has 0 amide bonds. The van der Waals surface area contributed by atoms with Crippen molar-refractivity contribution in [3.63, 3.8) is 0 Å². The van der Waals surface area contributed by atoms with Gasteiger partial charge in [-0.05, 0) is 25.0 Å². The lowest BCUT2D eigenvalue weighted by molar-refractivity contribution is -0.116. The summed E-state index contributed by atoms with van der Waals surface area (Å²) in [6, 6.07) is 5.68. The van der Waals surface area contributed by atoms with Crippen LogP contribution in [0.25, 0.3) is 0 Å². The fourth-order valence-electron chi connectivity index (χ4n) is 3.00. The highest BCUT2D eigenvalue weighted by Gasteiger charge is 2.39. The summed E-state index contributed by atoms with van der Waals surface area (Å²) in [6.45, 7) is 0. The predicted molar refractivity (Wildman–Crippen MR) is 71.9 cm³/mol. The summed E-state index contributed by atoms with van der Waals surface area (Å²) in [5.74, 6) is 0.622. The average Bonchev–Trinajstić information content (AvgIpc) is 2.96. The zero-order valence-electron chi connectivity index (χ0n) is 11.2. The number of allylic oxidation sites excluding steroid dienone is 3. The number of hydrogen-bond donors (Lipinski definition) is 1. The molecule has 102 valence electrons. The number of nitrogens with two attached hydrogens (primary N) is 1. The molecule has 1 aromatic rings. The lowest BCUT2D eigenvalue weighted by Gasteiger charge is -2.36. The first-order valence-corrected chi connectivity index (χ1v) is 6.58. The van der Waals surface area contributed by atoms with E-state index in [0.29, 0.717) is 29.1 Å². The van der Waals surface area contributed by atoms with Gasteiger partial charge in [0.15, 0.2) is 5.78 Å². The summed E-state index contributed by atoms with van der Waals surface area (Å²) in [7, 11) is 1.80. The molecule has 1 aliphatic carbocycles. The highest BCUT2D eigenvalue weighted by molar-refractivity contribution is 5.99. The maximum atomic E-state index is 12.3. The van der Waals surface area contributed by atoms with Crippen LogP contribution < -0.4 is 5.73 Å². The second-order valence-corrected chi connectivity index (χ2v) is 5.06. The SMILES string of the molecule is CN1C(N)=C(C#N)[C@H](c2ccco2)C2=C1CCCC2=O. The summed E-state index contributed by atoms with van der Waals surface area (Å²) in [6.07, 6.45) is 3.69. The van der Waals surface area contributed by atoms with Crippen LogP contribution in [0.15, 0.2) is 45.5 Å². The number of furan rings is 1. The number of Topliss-reactive ketones (excluding diaryl/α,β-unsaturated/α-hetero) is 1. The van der Waals surface area contributed by atoms with Gasteiger partial charge in [0.1, 0.15) is 11.6 Å². The quantitative estimate of drug-likeness (QED) is 0.843. The number of rotatable bonds is 1. The van der Waals surface area contributed by atoms with Crippen LogP contribution in [-0.4, -0.2) is 17.7 Å². The molecule has 20 heavy (non-hydrogen) atoms. The molecule has 0 saturated carbocycles. The van der Waals surface area contributed by atoms with Gasteiger partial charge in [-0.1, -0.05) is 0 Å². The first-order valence-electron chi connectivity index (χ1n) is 6.58.